The Bertz CT molecular complexity index is 463. The summed E-state index contributed by atoms with van der Waals surface area (Å²) in [6, 6.07) is 5.01. The fourth-order valence-corrected chi connectivity index (χ4v) is 2.42. The Labute approximate surface area is 99.0 Å². The Hall–Kier alpha value is -1.22. The molecule has 0 spiro atoms. The summed E-state index contributed by atoms with van der Waals surface area (Å²) in [7, 11) is 0. The number of hydrogen-bond donors (Lipinski definition) is 0. The van der Waals surface area contributed by atoms with Gasteiger partial charge in [-0.25, -0.2) is 4.39 Å². The predicted octanol–water partition coefficient (Wildman–Crippen LogP) is 4.15. The van der Waals surface area contributed by atoms with Crippen LogP contribution < -0.4 is 0 Å². The van der Waals surface area contributed by atoms with Crippen LogP contribution in [0.15, 0.2) is 29.9 Å². The minimum absolute atomic E-state index is 0.184. The van der Waals surface area contributed by atoms with E-state index in [1.807, 2.05) is 6.07 Å². The van der Waals surface area contributed by atoms with Crippen molar-refractivity contribution in [2.45, 2.75) is 20.3 Å². The zero-order chi connectivity index (χ0) is 11.5. The smallest absolute Gasteiger partial charge is 0.123 e. The molecule has 0 saturated heterocycles. The van der Waals surface area contributed by atoms with Gasteiger partial charge in [0.05, 0.1) is 10.4 Å². The van der Waals surface area contributed by atoms with Crippen molar-refractivity contribution >= 4 is 11.3 Å². The molecule has 2 aromatic rings. The van der Waals surface area contributed by atoms with Crippen LogP contribution in [0.2, 0.25) is 0 Å². The van der Waals surface area contributed by atoms with Crippen molar-refractivity contribution < 1.29 is 4.39 Å². The molecule has 3 heteroatoms. The van der Waals surface area contributed by atoms with E-state index in [2.05, 4.69) is 18.8 Å². The van der Waals surface area contributed by atoms with Crippen LogP contribution in [0.5, 0.6) is 0 Å². The molecule has 0 aliphatic heterocycles. The first-order valence-electron chi connectivity index (χ1n) is 5.34. The first-order chi connectivity index (χ1) is 7.66. The molecule has 0 radical (unpaired) electrons. The first-order valence-corrected chi connectivity index (χ1v) is 6.22. The SMILES string of the molecule is CC(C)Cc1ccc(F)cc1-c1cncs1. The molecule has 0 bridgehead atoms. The second kappa shape index (κ2) is 4.74. The van der Waals surface area contributed by atoms with Crippen molar-refractivity contribution in [2.75, 3.05) is 0 Å². The van der Waals surface area contributed by atoms with Crippen LogP contribution in [0.4, 0.5) is 4.39 Å². The summed E-state index contributed by atoms with van der Waals surface area (Å²) in [5.41, 5.74) is 3.95. The Balaban J connectivity index is 2.45. The highest BCUT2D eigenvalue weighted by atomic mass is 32.1. The van der Waals surface area contributed by atoms with E-state index in [0.717, 1.165) is 16.9 Å². The maximum Gasteiger partial charge on any atom is 0.123 e. The fraction of sp³-hybridized carbons (Fsp3) is 0.308. The van der Waals surface area contributed by atoms with Crippen LogP contribution in [-0.2, 0) is 6.42 Å². The van der Waals surface area contributed by atoms with Crippen LogP contribution in [-0.4, -0.2) is 4.98 Å². The van der Waals surface area contributed by atoms with Gasteiger partial charge in [0.15, 0.2) is 0 Å². The van der Waals surface area contributed by atoms with Gasteiger partial charge in [0.2, 0.25) is 0 Å². The fourth-order valence-electron chi connectivity index (χ4n) is 1.74. The summed E-state index contributed by atoms with van der Waals surface area (Å²) in [5.74, 6) is 0.382. The van der Waals surface area contributed by atoms with E-state index >= 15 is 0 Å². The molecule has 1 heterocycles. The van der Waals surface area contributed by atoms with Crippen LogP contribution in [0.3, 0.4) is 0 Å². The molecular formula is C13H14FNS. The minimum Gasteiger partial charge on any atom is -0.252 e. The van der Waals surface area contributed by atoms with Gasteiger partial charge in [0, 0.05) is 6.20 Å². The lowest BCUT2D eigenvalue weighted by molar-refractivity contribution is 0.621. The third kappa shape index (κ3) is 2.47. The number of hydrogen-bond acceptors (Lipinski definition) is 2. The minimum atomic E-state index is -0.184. The van der Waals surface area contributed by atoms with Crippen LogP contribution in [0.1, 0.15) is 19.4 Å². The van der Waals surface area contributed by atoms with Crippen molar-refractivity contribution in [1.29, 1.82) is 0 Å². The molecular weight excluding hydrogens is 221 g/mol. The number of aromatic nitrogens is 1. The van der Waals surface area contributed by atoms with E-state index in [-0.39, 0.29) is 5.82 Å². The molecule has 2 rings (SSSR count). The molecule has 84 valence electrons. The average molecular weight is 235 g/mol. The molecule has 0 saturated carbocycles. The van der Waals surface area contributed by atoms with Gasteiger partial charge in [0.1, 0.15) is 5.82 Å². The zero-order valence-electron chi connectivity index (χ0n) is 9.40. The highest BCUT2D eigenvalue weighted by Gasteiger charge is 2.09. The van der Waals surface area contributed by atoms with E-state index in [0.29, 0.717) is 5.92 Å². The van der Waals surface area contributed by atoms with Gasteiger partial charge in [-0.3, -0.25) is 4.98 Å². The molecule has 0 aliphatic rings. The zero-order valence-corrected chi connectivity index (χ0v) is 10.2. The predicted molar refractivity (Wildman–Crippen MR) is 66.1 cm³/mol. The Kier molecular flexibility index (Phi) is 3.34. The molecule has 1 aromatic heterocycles. The van der Waals surface area contributed by atoms with Gasteiger partial charge >= 0.3 is 0 Å². The lowest BCUT2D eigenvalue weighted by Crippen LogP contribution is -1.96. The van der Waals surface area contributed by atoms with Gasteiger partial charge in [-0.1, -0.05) is 19.9 Å². The monoisotopic (exact) mass is 235 g/mol. The molecule has 1 nitrogen and oxygen atoms in total. The Morgan fingerprint density at radius 3 is 2.81 bits per heavy atom. The standard InChI is InChI=1S/C13H14FNS/c1-9(2)5-10-3-4-11(14)6-12(10)13-7-15-8-16-13/h3-4,6-9H,5H2,1-2H3. The number of rotatable bonds is 3. The quantitative estimate of drug-likeness (QED) is 0.779. The van der Waals surface area contributed by atoms with Crippen molar-refractivity contribution in [3.8, 4) is 10.4 Å². The summed E-state index contributed by atoms with van der Waals surface area (Å²) in [6.45, 7) is 4.33. The number of nitrogens with zero attached hydrogens (tertiary/aromatic N) is 1. The average Bonchev–Trinajstić information content (AvgIpc) is 2.73. The molecule has 0 unspecified atom stereocenters. The number of benzene rings is 1. The van der Waals surface area contributed by atoms with Gasteiger partial charge in [0.25, 0.3) is 0 Å². The third-order valence-electron chi connectivity index (χ3n) is 2.40. The molecule has 0 fully saturated rings. The lowest BCUT2D eigenvalue weighted by atomic mass is 9.97. The van der Waals surface area contributed by atoms with Crippen LogP contribution in [0.25, 0.3) is 10.4 Å². The summed E-state index contributed by atoms with van der Waals surface area (Å²) >= 11 is 1.55. The lowest BCUT2D eigenvalue weighted by Gasteiger charge is -2.10. The summed E-state index contributed by atoms with van der Waals surface area (Å²) in [5, 5.41) is 0. The molecule has 0 atom stereocenters. The second-order valence-corrected chi connectivity index (χ2v) is 5.15. The van der Waals surface area contributed by atoms with Crippen molar-refractivity contribution in [1.82, 2.24) is 4.98 Å². The highest BCUT2D eigenvalue weighted by molar-refractivity contribution is 7.13. The Morgan fingerprint density at radius 2 is 2.19 bits per heavy atom. The molecule has 16 heavy (non-hydrogen) atoms. The third-order valence-corrected chi connectivity index (χ3v) is 3.20. The van der Waals surface area contributed by atoms with Crippen molar-refractivity contribution in [3.63, 3.8) is 0 Å². The Morgan fingerprint density at radius 1 is 1.38 bits per heavy atom. The van der Waals surface area contributed by atoms with Gasteiger partial charge in [-0.15, -0.1) is 11.3 Å². The van der Waals surface area contributed by atoms with E-state index in [1.54, 1.807) is 29.1 Å². The van der Waals surface area contributed by atoms with Gasteiger partial charge in [-0.2, -0.15) is 0 Å². The van der Waals surface area contributed by atoms with Gasteiger partial charge in [-0.05, 0) is 35.6 Å². The summed E-state index contributed by atoms with van der Waals surface area (Å²) < 4.78 is 13.3. The normalized spacial score (nSPS) is 11.0. The van der Waals surface area contributed by atoms with Crippen LogP contribution >= 0.6 is 11.3 Å². The largest absolute Gasteiger partial charge is 0.252 e. The van der Waals surface area contributed by atoms with E-state index in [4.69, 9.17) is 0 Å². The summed E-state index contributed by atoms with van der Waals surface area (Å²) in [6.07, 6.45) is 2.76. The van der Waals surface area contributed by atoms with Crippen molar-refractivity contribution in [3.05, 3.63) is 41.3 Å². The van der Waals surface area contributed by atoms with Crippen molar-refractivity contribution in [2.24, 2.45) is 5.92 Å². The maximum atomic E-state index is 13.3. The highest BCUT2D eigenvalue weighted by Crippen LogP contribution is 2.29. The number of halogens is 1. The van der Waals surface area contributed by atoms with Gasteiger partial charge < -0.3 is 0 Å². The molecule has 0 amide bonds. The second-order valence-electron chi connectivity index (χ2n) is 4.27. The van der Waals surface area contributed by atoms with E-state index in [1.165, 1.54) is 11.6 Å². The summed E-state index contributed by atoms with van der Waals surface area (Å²) in [4.78, 5) is 5.08. The van der Waals surface area contributed by atoms with E-state index in [9.17, 15) is 4.39 Å². The van der Waals surface area contributed by atoms with Crippen LogP contribution in [0, 0.1) is 11.7 Å². The van der Waals surface area contributed by atoms with E-state index < -0.39 is 0 Å². The molecule has 1 aromatic carbocycles. The molecule has 0 N–H and O–H groups in total. The maximum absolute atomic E-state index is 13.3. The first kappa shape index (κ1) is 11.3. The molecule has 0 aliphatic carbocycles. The number of thiazole rings is 1. The topological polar surface area (TPSA) is 12.9 Å².